The monoisotopic (exact) mass is 247 g/mol. The first-order valence-electron chi connectivity index (χ1n) is 5.47. The molecular formula is C12H13N3O3. The van der Waals surface area contributed by atoms with Crippen LogP contribution >= 0.6 is 0 Å². The van der Waals surface area contributed by atoms with E-state index in [0.29, 0.717) is 12.0 Å². The number of anilines is 1. The molecule has 0 aliphatic rings. The first-order valence-corrected chi connectivity index (χ1v) is 5.47. The maximum atomic E-state index is 11.6. The topological polar surface area (TPSA) is 77.3 Å². The summed E-state index contributed by atoms with van der Waals surface area (Å²) in [5.41, 5.74) is 1.24. The zero-order valence-corrected chi connectivity index (χ0v) is 9.92. The first-order chi connectivity index (χ1) is 8.79. The quantitative estimate of drug-likeness (QED) is 0.807. The number of rotatable bonds is 5. The Morgan fingerprint density at radius 2 is 2.22 bits per heavy atom. The highest BCUT2D eigenvalue weighted by molar-refractivity contribution is 5.88. The molecule has 1 N–H and O–H groups in total. The van der Waals surface area contributed by atoms with Crippen LogP contribution in [0.4, 0.5) is 5.69 Å². The molecule has 0 aromatic carbocycles. The molecular weight excluding hydrogens is 234 g/mol. The van der Waals surface area contributed by atoms with Gasteiger partial charge in [-0.2, -0.15) is 0 Å². The third kappa shape index (κ3) is 3.07. The van der Waals surface area contributed by atoms with Gasteiger partial charge in [0.2, 0.25) is 0 Å². The Bertz CT molecular complexity index is 510. The summed E-state index contributed by atoms with van der Waals surface area (Å²) in [6.07, 6.45) is 6.34. The van der Waals surface area contributed by atoms with Crippen molar-refractivity contribution in [2.75, 3.05) is 19.0 Å². The fraction of sp³-hybridized carbons (Fsp3) is 0.250. The van der Waals surface area contributed by atoms with E-state index in [1.165, 1.54) is 18.7 Å². The lowest BCUT2D eigenvalue weighted by molar-refractivity contribution is 0.0503. The molecule has 6 nitrogen and oxygen atoms in total. The molecule has 0 unspecified atom stereocenters. The first kappa shape index (κ1) is 12.1. The van der Waals surface area contributed by atoms with Crippen molar-refractivity contribution in [1.82, 2.24) is 9.97 Å². The minimum absolute atomic E-state index is 0.254. The lowest BCUT2D eigenvalue weighted by Crippen LogP contribution is -2.08. The van der Waals surface area contributed by atoms with Crippen LogP contribution in [0.5, 0.6) is 0 Å². The summed E-state index contributed by atoms with van der Waals surface area (Å²) in [6, 6.07) is 1.86. The van der Waals surface area contributed by atoms with Crippen molar-refractivity contribution < 1.29 is 13.9 Å². The molecule has 2 aromatic heterocycles. The van der Waals surface area contributed by atoms with Gasteiger partial charge in [0.05, 0.1) is 17.9 Å². The fourth-order valence-electron chi connectivity index (χ4n) is 1.37. The van der Waals surface area contributed by atoms with Crippen molar-refractivity contribution in [3.05, 3.63) is 42.4 Å². The van der Waals surface area contributed by atoms with Gasteiger partial charge in [0.25, 0.3) is 0 Å². The zero-order chi connectivity index (χ0) is 12.8. The highest BCUT2D eigenvalue weighted by Crippen LogP contribution is 2.12. The van der Waals surface area contributed by atoms with E-state index in [2.05, 4.69) is 15.3 Å². The molecule has 0 aliphatic heterocycles. The Balaban J connectivity index is 1.80. The van der Waals surface area contributed by atoms with E-state index in [9.17, 15) is 4.79 Å². The van der Waals surface area contributed by atoms with Crippen LogP contribution in [-0.4, -0.2) is 29.6 Å². The normalized spacial score (nSPS) is 10.1. The van der Waals surface area contributed by atoms with Gasteiger partial charge < -0.3 is 14.5 Å². The van der Waals surface area contributed by atoms with Gasteiger partial charge in [-0.25, -0.2) is 14.8 Å². The van der Waals surface area contributed by atoms with Gasteiger partial charge in [-0.1, -0.05) is 0 Å². The largest absolute Gasteiger partial charge is 0.467 e. The standard InChI is InChI=1S/C12H13N3O3/c1-13-10-4-11(18-7-10)2-3-17-12(16)9-5-14-8-15-6-9/h4-8,13H,2-3H2,1H3. The molecule has 0 amide bonds. The molecule has 0 spiro atoms. The van der Waals surface area contributed by atoms with Crippen LogP contribution in [0, 0.1) is 0 Å². The van der Waals surface area contributed by atoms with Crippen LogP contribution in [0.2, 0.25) is 0 Å². The maximum absolute atomic E-state index is 11.6. The van der Waals surface area contributed by atoms with Gasteiger partial charge in [-0.05, 0) is 0 Å². The van der Waals surface area contributed by atoms with Gasteiger partial charge in [0.1, 0.15) is 18.4 Å². The number of carbonyl (C=O) groups excluding carboxylic acids is 1. The van der Waals surface area contributed by atoms with Crippen LogP contribution in [0.3, 0.4) is 0 Å². The fourth-order valence-corrected chi connectivity index (χ4v) is 1.37. The van der Waals surface area contributed by atoms with Crippen molar-refractivity contribution in [2.24, 2.45) is 0 Å². The minimum Gasteiger partial charge on any atom is -0.467 e. The lowest BCUT2D eigenvalue weighted by Gasteiger charge is -2.02. The van der Waals surface area contributed by atoms with E-state index >= 15 is 0 Å². The summed E-state index contributed by atoms with van der Waals surface area (Å²) in [5.74, 6) is 0.326. The van der Waals surface area contributed by atoms with Crippen molar-refractivity contribution >= 4 is 11.7 Å². The number of nitrogens with zero attached hydrogens (tertiary/aromatic N) is 2. The predicted molar refractivity (Wildman–Crippen MR) is 64.3 cm³/mol. The molecule has 2 heterocycles. The maximum Gasteiger partial charge on any atom is 0.341 e. The summed E-state index contributed by atoms with van der Waals surface area (Å²) in [7, 11) is 1.81. The lowest BCUT2D eigenvalue weighted by atomic mass is 10.3. The van der Waals surface area contributed by atoms with Gasteiger partial charge in [-0.3, -0.25) is 0 Å². The number of esters is 1. The molecule has 0 aliphatic carbocycles. The number of furan rings is 1. The van der Waals surface area contributed by atoms with E-state index < -0.39 is 5.97 Å². The zero-order valence-electron chi connectivity index (χ0n) is 9.92. The van der Waals surface area contributed by atoms with Crippen LogP contribution < -0.4 is 5.32 Å². The van der Waals surface area contributed by atoms with E-state index in [-0.39, 0.29) is 6.61 Å². The highest BCUT2D eigenvalue weighted by atomic mass is 16.5. The number of nitrogens with one attached hydrogen (secondary N) is 1. The van der Waals surface area contributed by atoms with Gasteiger partial charge in [-0.15, -0.1) is 0 Å². The number of hydrogen-bond acceptors (Lipinski definition) is 6. The van der Waals surface area contributed by atoms with Gasteiger partial charge in [0, 0.05) is 31.9 Å². The summed E-state index contributed by atoms with van der Waals surface area (Å²) in [5, 5.41) is 2.95. The summed E-state index contributed by atoms with van der Waals surface area (Å²) in [6.45, 7) is 0.254. The molecule has 2 rings (SSSR count). The third-order valence-corrected chi connectivity index (χ3v) is 2.32. The molecule has 0 radical (unpaired) electrons. The highest BCUT2D eigenvalue weighted by Gasteiger charge is 2.08. The Kier molecular flexibility index (Phi) is 3.90. The molecule has 2 aromatic rings. The Morgan fingerprint density at radius 3 is 2.89 bits per heavy atom. The minimum atomic E-state index is -0.434. The van der Waals surface area contributed by atoms with E-state index in [1.54, 1.807) is 6.26 Å². The average Bonchev–Trinajstić information content (AvgIpc) is 2.87. The Hall–Kier alpha value is -2.37. The van der Waals surface area contributed by atoms with Crippen LogP contribution in [0.25, 0.3) is 0 Å². The van der Waals surface area contributed by atoms with Gasteiger partial charge >= 0.3 is 5.97 Å². The molecule has 0 saturated carbocycles. The van der Waals surface area contributed by atoms with Crippen LogP contribution in [0.1, 0.15) is 16.1 Å². The second-order valence-electron chi connectivity index (χ2n) is 3.56. The van der Waals surface area contributed by atoms with E-state index in [1.807, 2.05) is 13.1 Å². The molecule has 0 fully saturated rings. The molecule has 0 bridgehead atoms. The van der Waals surface area contributed by atoms with Crippen molar-refractivity contribution in [3.63, 3.8) is 0 Å². The number of aromatic nitrogens is 2. The molecule has 0 atom stereocenters. The third-order valence-electron chi connectivity index (χ3n) is 2.32. The summed E-state index contributed by atoms with van der Waals surface area (Å²) in [4.78, 5) is 19.0. The van der Waals surface area contributed by atoms with Gasteiger partial charge in [0.15, 0.2) is 0 Å². The predicted octanol–water partition coefficient (Wildman–Crippen LogP) is 1.51. The number of carbonyl (C=O) groups is 1. The van der Waals surface area contributed by atoms with Crippen LogP contribution in [-0.2, 0) is 11.2 Å². The SMILES string of the molecule is CNc1coc(CCOC(=O)c2cncnc2)c1. The van der Waals surface area contributed by atoms with Crippen molar-refractivity contribution in [3.8, 4) is 0 Å². The Labute approximate surface area is 104 Å². The molecule has 18 heavy (non-hydrogen) atoms. The molecule has 94 valence electrons. The van der Waals surface area contributed by atoms with E-state index in [0.717, 1.165) is 11.4 Å². The molecule has 0 saturated heterocycles. The summed E-state index contributed by atoms with van der Waals surface area (Å²) >= 11 is 0. The van der Waals surface area contributed by atoms with Crippen molar-refractivity contribution in [2.45, 2.75) is 6.42 Å². The number of ether oxygens (including phenoxy) is 1. The van der Waals surface area contributed by atoms with Crippen molar-refractivity contribution in [1.29, 1.82) is 0 Å². The number of hydrogen-bond donors (Lipinski definition) is 1. The second-order valence-corrected chi connectivity index (χ2v) is 3.56. The van der Waals surface area contributed by atoms with E-state index in [4.69, 9.17) is 9.15 Å². The van der Waals surface area contributed by atoms with Crippen LogP contribution in [0.15, 0.2) is 35.5 Å². The summed E-state index contributed by atoms with van der Waals surface area (Å²) < 4.78 is 10.3. The average molecular weight is 247 g/mol. The smallest absolute Gasteiger partial charge is 0.341 e. The molecule has 6 heteroatoms. The second kappa shape index (κ2) is 5.81. The Morgan fingerprint density at radius 1 is 1.44 bits per heavy atom.